The first-order valence-electron chi connectivity index (χ1n) is 8.62. The molecule has 0 bridgehead atoms. The molecule has 0 aromatic heterocycles. The lowest BCUT2D eigenvalue weighted by Gasteiger charge is -2.17. The average molecular weight is 384 g/mol. The summed E-state index contributed by atoms with van der Waals surface area (Å²) in [5, 5.41) is 9.87. The van der Waals surface area contributed by atoms with Crippen molar-refractivity contribution < 1.29 is 33.6 Å². The van der Waals surface area contributed by atoms with Crippen LogP contribution in [0.4, 0.5) is 0 Å². The van der Waals surface area contributed by atoms with Crippen LogP contribution in [0.2, 0.25) is 0 Å². The van der Waals surface area contributed by atoms with Gasteiger partial charge in [0.05, 0.1) is 58.6 Å². The molecule has 0 aliphatic carbocycles. The Labute approximate surface area is 153 Å². The highest BCUT2D eigenvalue weighted by atomic mass is 31.2. The molecule has 25 heavy (non-hydrogen) atoms. The summed E-state index contributed by atoms with van der Waals surface area (Å²) in [5.74, 6) is -1.08. The quantitative estimate of drug-likeness (QED) is 0.287. The van der Waals surface area contributed by atoms with Crippen molar-refractivity contribution >= 4 is 13.2 Å². The van der Waals surface area contributed by atoms with E-state index in [1.54, 1.807) is 14.2 Å². The summed E-state index contributed by atoms with van der Waals surface area (Å²) in [5.41, 5.74) is 0. The second kappa shape index (κ2) is 20.0. The first-order chi connectivity index (χ1) is 11.9. The third-order valence-corrected chi connectivity index (χ3v) is 5.99. The number of aliphatic carboxylic acids is 1. The molecule has 0 aliphatic heterocycles. The van der Waals surface area contributed by atoms with Crippen LogP contribution >= 0.6 is 7.26 Å². The number of methoxy groups -OCH3 is 2. The van der Waals surface area contributed by atoms with Crippen LogP contribution in [-0.2, 0) is 28.5 Å². The summed E-state index contributed by atoms with van der Waals surface area (Å²) < 4.78 is 25.3. The average Bonchev–Trinajstić information content (AvgIpc) is 2.56. The standard InChI is InChI=1S/C10H24O3P.C7H14O4/c1-11-5-6-13-8-10-14(3,4)9-7-12-2;1-2-10-5-6-11-4-3-7(8)9/h5-10H2,1-4H3;2-6H2,1H3,(H,8,9)/q+1;/p-1. The van der Waals surface area contributed by atoms with E-state index in [-0.39, 0.29) is 13.0 Å². The van der Waals surface area contributed by atoms with E-state index in [2.05, 4.69) is 13.3 Å². The lowest BCUT2D eigenvalue weighted by molar-refractivity contribution is -0.306. The van der Waals surface area contributed by atoms with Crippen molar-refractivity contribution in [3.8, 4) is 0 Å². The molecule has 0 heterocycles. The van der Waals surface area contributed by atoms with E-state index >= 15 is 0 Å². The monoisotopic (exact) mass is 384 g/mol. The van der Waals surface area contributed by atoms with E-state index in [0.717, 1.165) is 13.2 Å². The number of carbonyl (C=O) groups excluding carboxylic acids is 1. The van der Waals surface area contributed by atoms with Gasteiger partial charge in [0.2, 0.25) is 0 Å². The molecule has 0 rings (SSSR count). The minimum absolute atomic E-state index is 0.0495. The van der Waals surface area contributed by atoms with Crippen molar-refractivity contribution in [2.75, 3.05) is 92.7 Å². The van der Waals surface area contributed by atoms with Gasteiger partial charge >= 0.3 is 0 Å². The van der Waals surface area contributed by atoms with Gasteiger partial charge in [-0.3, -0.25) is 0 Å². The van der Waals surface area contributed by atoms with Crippen LogP contribution in [0.3, 0.4) is 0 Å². The van der Waals surface area contributed by atoms with Crippen LogP contribution in [-0.4, -0.2) is 98.7 Å². The number of ether oxygens (including phenoxy) is 5. The summed E-state index contributed by atoms with van der Waals surface area (Å²) in [6, 6.07) is 0. The summed E-state index contributed by atoms with van der Waals surface area (Å²) in [6.45, 7) is 11.5. The number of hydrogen-bond acceptors (Lipinski definition) is 7. The number of rotatable bonds is 16. The topological polar surface area (TPSA) is 86.3 Å². The van der Waals surface area contributed by atoms with Gasteiger partial charge in [-0.25, -0.2) is 0 Å². The Bertz CT molecular complexity index is 288. The molecule has 0 aromatic carbocycles. The second-order valence-electron chi connectivity index (χ2n) is 5.91. The molecule has 0 saturated heterocycles. The molecule has 7 nitrogen and oxygen atoms in total. The summed E-state index contributed by atoms with van der Waals surface area (Å²) in [7, 11) is 2.65. The van der Waals surface area contributed by atoms with Crippen LogP contribution in [0.5, 0.6) is 0 Å². The van der Waals surface area contributed by atoms with Gasteiger partial charge in [-0.1, -0.05) is 0 Å². The van der Waals surface area contributed by atoms with Gasteiger partial charge < -0.3 is 33.6 Å². The minimum Gasteiger partial charge on any atom is -0.550 e. The van der Waals surface area contributed by atoms with E-state index in [0.29, 0.717) is 33.0 Å². The van der Waals surface area contributed by atoms with E-state index in [9.17, 15) is 9.90 Å². The number of hydrogen-bond donors (Lipinski definition) is 0. The normalized spacial score (nSPS) is 11.1. The van der Waals surface area contributed by atoms with Gasteiger partial charge in [-0.15, -0.1) is 0 Å². The van der Waals surface area contributed by atoms with E-state index in [1.807, 2.05) is 6.92 Å². The number of carboxylic acid groups (broad SMARTS) is 1. The zero-order chi connectivity index (χ0) is 19.4. The van der Waals surface area contributed by atoms with Gasteiger partial charge in [0.15, 0.2) is 0 Å². The van der Waals surface area contributed by atoms with E-state index < -0.39 is 13.2 Å². The van der Waals surface area contributed by atoms with E-state index in [4.69, 9.17) is 23.7 Å². The Morgan fingerprint density at radius 2 is 1.32 bits per heavy atom. The highest BCUT2D eigenvalue weighted by molar-refractivity contribution is 7.74. The van der Waals surface area contributed by atoms with Crippen LogP contribution in [0.1, 0.15) is 13.3 Å². The molecule has 0 radical (unpaired) electrons. The Kier molecular flexibility index (Phi) is 21.6. The number of carboxylic acids is 1. The van der Waals surface area contributed by atoms with Crippen molar-refractivity contribution in [2.24, 2.45) is 0 Å². The van der Waals surface area contributed by atoms with Gasteiger partial charge in [-0.05, 0) is 6.92 Å². The predicted molar refractivity (Wildman–Crippen MR) is 100 cm³/mol. The molecule has 0 N–H and O–H groups in total. The molecule has 152 valence electrons. The first-order valence-corrected chi connectivity index (χ1v) is 11.7. The van der Waals surface area contributed by atoms with Crippen molar-refractivity contribution in [1.82, 2.24) is 0 Å². The molecule has 0 saturated carbocycles. The summed E-state index contributed by atoms with van der Waals surface area (Å²) >= 11 is 0. The molecule has 0 fully saturated rings. The summed E-state index contributed by atoms with van der Waals surface area (Å²) in [6.07, 6.45) is 2.32. The lowest BCUT2D eigenvalue weighted by Crippen LogP contribution is -2.23. The molecule has 0 aliphatic rings. The highest BCUT2D eigenvalue weighted by Crippen LogP contribution is 2.50. The SMILES string of the molecule is CCOCCOCCC(=O)[O-].COCCOCC[P+](C)(C)CCOC. The molecule has 0 spiro atoms. The highest BCUT2D eigenvalue weighted by Gasteiger charge is 2.23. The number of carbonyl (C=O) groups is 1. The molecular formula is C17H37O7P. The van der Waals surface area contributed by atoms with Gasteiger partial charge in [0.25, 0.3) is 0 Å². The molecule has 0 atom stereocenters. The largest absolute Gasteiger partial charge is 0.550 e. The molecular weight excluding hydrogens is 347 g/mol. The van der Waals surface area contributed by atoms with Crippen LogP contribution in [0.25, 0.3) is 0 Å². The van der Waals surface area contributed by atoms with Gasteiger partial charge in [0, 0.05) is 53.8 Å². The fourth-order valence-corrected chi connectivity index (χ4v) is 3.05. The molecule has 0 unspecified atom stereocenters. The molecule has 0 amide bonds. The zero-order valence-electron chi connectivity index (χ0n) is 16.6. The smallest absolute Gasteiger partial charge is 0.0823 e. The van der Waals surface area contributed by atoms with Crippen LogP contribution < -0.4 is 5.11 Å². The maximum Gasteiger partial charge on any atom is 0.0823 e. The van der Waals surface area contributed by atoms with Crippen LogP contribution in [0, 0.1) is 0 Å². The second-order valence-corrected chi connectivity index (χ2v) is 10.7. The third-order valence-electron chi connectivity index (χ3n) is 3.20. The van der Waals surface area contributed by atoms with Crippen molar-refractivity contribution in [2.45, 2.75) is 13.3 Å². The fourth-order valence-electron chi connectivity index (χ4n) is 1.53. The lowest BCUT2D eigenvalue weighted by atomic mass is 10.5. The Morgan fingerprint density at radius 1 is 0.800 bits per heavy atom. The van der Waals surface area contributed by atoms with Crippen molar-refractivity contribution in [3.05, 3.63) is 0 Å². The Balaban J connectivity index is 0. The Hall–Kier alpha value is -0.300. The predicted octanol–water partition coefficient (Wildman–Crippen LogP) is 0.753. The van der Waals surface area contributed by atoms with E-state index in [1.165, 1.54) is 12.3 Å². The third kappa shape index (κ3) is 26.0. The van der Waals surface area contributed by atoms with Gasteiger partial charge in [-0.2, -0.15) is 0 Å². The minimum atomic E-state index is -1.08. The first kappa shape index (κ1) is 26.9. The van der Waals surface area contributed by atoms with Crippen molar-refractivity contribution in [1.29, 1.82) is 0 Å². The van der Waals surface area contributed by atoms with Crippen LogP contribution in [0.15, 0.2) is 0 Å². The van der Waals surface area contributed by atoms with Crippen molar-refractivity contribution in [3.63, 3.8) is 0 Å². The Morgan fingerprint density at radius 3 is 1.88 bits per heavy atom. The molecule has 8 heteroatoms. The van der Waals surface area contributed by atoms with Gasteiger partial charge in [0.1, 0.15) is 0 Å². The fraction of sp³-hybridized carbons (Fsp3) is 0.941. The maximum absolute atomic E-state index is 9.87. The summed E-state index contributed by atoms with van der Waals surface area (Å²) in [4.78, 5) is 9.87. The molecule has 0 aromatic rings. The maximum atomic E-state index is 9.87. The zero-order valence-corrected chi connectivity index (χ0v) is 17.5.